The number of likely N-dealkylation sites (tertiary alicyclic amines) is 1. The van der Waals surface area contributed by atoms with E-state index < -0.39 is 0 Å². The minimum Gasteiger partial charge on any atom is -0.460 e. The fourth-order valence-corrected chi connectivity index (χ4v) is 2.69. The van der Waals surface area contributed by atoms with Crippen molar-refractivity contribution in [3.05, 3.63) is 47.9 Å². The van der Waals surface area contributed by atoms with Crippen LogP contribution in [0.3, 0.4) is 0 Å². The minimum absolute atomic E-state index is 0. The van der Waals surface area contributed by atoms with Crippen LogP contribution < -0.4 is 11.1 Å². The molecular formula is C16H24ClN3Os. The monoisotopic (exact) mass is 485 g/mol. The summed E-state index contributed by atoms with van der Waals surface area (Å²) in [6, 6.07) is 8.13. The second-order valence-corrected chi connectivity index (χ2v) is 6.42. The molecule has 1 aromatic rings. The molecule has 1 aliphatic rings. The van der Waals surface area contributed by atoms with Gasteiger partial charge in [0.2, 0.25) is 0 Å². The average molecular weight is 484 g/mol. The van der Waals surface area contributed by atoms with E-state index in [2.05, 4.69) is 37.2 Å². The fraction of sp³-hybridized carbons (Fsp3) is 0.500. The molecule has 0 saturated carbocycles. The van der Waals surface area contributed by atoms with E-state index in [0.29, 0.717) is 0 Å². The topological polar surface area (TPSA) is 41.3 Å². The van der Waals surface area contributed by atoms with E-state index in [9.17, 15) is 0 Å². The maximum Gasteiger partial charge on any atom is 2.00 e. The predicted octanol–water partition coefficient (Wildman–Crippen LogP) is 2.66. The van der Waals surface area contributed by atoms with Crippen LogP contribution in [-0.4, -0.2) is 30.6 Å². The van der Waals surface area contributed by atoms with Crippen molar-refractivity contribution in [2.24, 2.45) is 11.1 Å². The zero-order valence-electron chi connectivity index (χ0n) is 12.6. The van der Waals surface area contributed by atoms with Crippen molar-refractivity contribution in [2.45, 2.75) is 26.3 Å². The average Bonchev–Trinajstić information content (AvgIpc) is 2.82. The van der Waals surface area contributed by atoms with Crippen molar-refractivity contribution in [1.29, 1.82) is 0 Å². The third-order valence-corrected chi connectivity index (χ3v) is 4.28. The second kappa shape index (κ2) is 8.51. The molecule has 21 heavy (non-hydrogen) atoms. The molecule has 1 fully saturated rings. The van der Waals surface area contributed by atoms with E-state index in [4.69, 9.17) is 17.3 Å². The van der Waals surface area contributed by atoms with Gasteiger partial charge in [0.15, 0.2) is 0 Å². The van der Waals surface area contributed by atoms with Gasteiger partial charge in [0.05, 0.1) is 0 Å². The Hall–Kier alpha value is -0.104. The number of halogens is 1. The summed E-state index contributed by atoms with van der Waals surface area (Å²) >= 11 is 6.16. The smallest absolute Gasteiger partial charge is 0.460 e. The molecule has 2 rings (SSSR count). The van der Waals surface area contributed by atoms with Crippen molar-refractivity contribution in [3.63, 3.8) is 0 Å². The van der Waals surface area contributed by atoms with Crippen LogP contribution in [0, 0.1) is 18.5 Å². The summed E-state index contributed by atoms with van der Waals surface area (Å²) in [5, 5.41) is 4.20. The molecule has 2 atom stereocenters. The minimum atomic E-state index is 0. The first-order valence-electron chi connectivity index (χ1n) is 7.15. The van der Waals surface area contributed by atoms with Crippen molar-refractivity contribution in [1.82, 2.24) is 10.2 Å². The molecule has 0 aromatic heterocycles. The van der Waals surface area contributed by atoms with Gasteiger partial charge in [0.25, 0.3) is 0 Å². The predicted molar refractivity (Wildman–Crippen MR) is 85.1 cm³/mol. The Labute approximate surface area is 146 Å². The molecule has 118 valence electrons. The van der Waals surface area contributed by atoms with Crippen molar-refractivity contribution in [2.75, 3.05) is 19.6 Å². The van der Waals surface area contributed by atoms with Crippen LogP contribution in [-0.2, 0) is 19.8 Å². The molecule has 5 heteroatoms. The van der Waals surface area contributed by atoms with E-state index in [-0.39, 0.29) is 31.2 Å². The summed E-state index contributed by atoms with van der Waals surface area (Å²) in [5.41, 5.74) is 7.15. The Morgan fingerprint density at radius 2 is 2.19 bits per heavy atom. The molecular weight excluding hydrogens is 460 g/mol. The SMILES string of the molecule is CC([CH-]c1ccccc1Cl)N[CH-]N1CCC(C)(CN)C1.[Os+2]. The van der Waals surface area contributed by atoms with E-state index in [1.165, 1.54) is 0 Å². The Morgan fingerprint density at radius 1 is 1.48 bits per heavy atom. The fourth-order valence-electron chi connectivity index (χ4n) is 2.49. The van der Waals surface area contributed by atoms with Crippen LogP contribution in [0.1, 0.15) is 25.8 Å². The summed E-state index contributed by atoms with van der Waals surface area (Å²) < 4.78 is 0. The molecule has 3 nitrogen and oxygen atoms in total. The summed E-state index contributed by atoms with van der Waals surface area (Å²) in [4.78, 5) is 2.31. The van der Waals surface area contributed by atoms with E-state index in [0.717, 1.165) is 36.6 Å². The third-order valence-electron chi connectivity index (χ3n) is 3.93. The first-order valence-corrected chi connectivity index (χ1v) is 7.53. The molecule has 0 radical (unpaired) electrons. The normalized spacial score (nSPS) is 23.6. The van der Waals surface area contributed by atoms with Gasteiger partial charge in [0, 0.05) is 0 Å². The second-order valence-electron chi connectivity index (χ2n) is 6.01. The standard InChI is InChI=1S/C16H24ClN3.Os/c1-13(9-14-5-3-4-6-15(14)17)19-12-20-8-7-16(2,10-18)11-20;/h3-6,9,12-13,19H,7-8,10-11,18H2,1-2H3;/q-2;+2. The molecule has 3 N–H and O–H groups in total. The van der Waals surface area contributed by atoms with Crippen molar-refractivity contribution in [3.8, 4) is 0 Å². The Bertz CT molecular complexity index is 443. The van der Waals surface area contributed by atoms with Gasteiger partial charge in [-0.3, -0.25) is 0 Å². The first kappa shape index (κ1) is 18.9. The number of nitrogens with zero attached hydrogens (tertiary/aromatic N) is 1. The van der Waals surface area contributed by atoms with Gasteiger partial charge < -0.3 is 16.0 Å². The van der Waals surface area contributed by atoms with Gasteiger partial charge >= 0.3 is 19.8 Å². The summed E-state index contributed by atoms with van der Waals surface area (Å²) in [6.45, 7) is 9.30. The third kappa shape index (κ3) is 5.55. The van der Waals surface area contributed by atoms with Gasteiger partial charge in [-0.2, -0.15) is 29.7 Å². The molecule has 1 saturated heterocycles. The van der Waals surface area contributed by atoms with Gasteiger partial charge in [-0.15, -0.1) is 12.1 Å². The molecule has 0 amide bonds. The van der Waals surface area contributed by atoms with Crippen LogP contribution in [0.5, 0.6) is 0 Å². The zero-order valence-corrected chi connectivity index (χ0v) is 15.9. The van der Waals surface area contributed by atoms with E-state index >= 15 is 0 Å². The number of rotatable bonds is 6. The van der Waals surface area contributed by atoms with Gasteiger partial charge in [-0.1, -0.05) is 24.9 Å². The van der Waals surface area contributed by atoms with Gasteiger partial charge in [-0.25, -0.2) is 6.67 Å². The van der Waals surface area contributed by atoms with Gasteiger partial charge in [0.1, 0.15) is 0 Å². The number of hydrogen-bond donors (Lipinski definition) is 2. The number of nitrogens with two attached hydrogens (primary N) is 1. The van der Waals surface area contributed by atoms with Crippen LogP contribution in [0.25, 0.3) is 0 Å². The van der Waals surface area contributed by atoms with Crippen molar-refractivity contribution >= 4 is 11.6 Å². The van der Waals surface area contributed by atoms with E-state index in [1.54, 1.807) is 0 Å². The molecule has 1 aliphatic heterocycles. The molecule has 1 heterocycles. The molecule has 1 aromatic carbocycles. The maximum atomic E-state index is 6.16. The number of hydrogen-bond acceptors (Lipinski definition) is 3. The van der Waals surface area contributed by atoms with Crippen LogP contribution in [0.2, 0.25) is 5.02 Å². The molecule has 0 bridgehead atoms. The Kier molecular flexibility index (Phi) is 7.68. The number of nitrogens with one attached hydrogen (secondary N) is 1. The molecule has 2 unspecified atom stereocenters. The first-order chi connectivity index (χ1) is 9.52. The van der Waals surface area contributed by atoms with Crippen LogP contribution in [0.15, 0.2) is 24.3 Å². The summed E-state index contributed by atoms with van der Waals surface area (Å²) in [6.07, 6.45) is 3.29. The quantitative estimate of drug-likeness (QED) is 0.611. The number of benzene rings is 1. The van der Waals surface area contributed by atoms with Crippen molar-refractivity contribution < 1.29 is 19.8 Å². The van der Waals surface area contributed by atoms with Crippen LogP contribution in [0.4, 0.5) is 0 Å². The summed E-state index contributed by atoms with van der Waals surface area (Å²) in [7, 11) is 0. The molecule has 0 spiro atoms. The zero-order chi connectivity index (χ0) is 14.6. The van der Waals surface area contributed by atoms with Crippen LogP contribution >= 0.6 is 11.6 Å². The Morgan fingerprint density at radius 3 is 2.81 bits per heavy atom. The maximum absolute atomic E-state index is 6.16. The largest absolute Gasteiger partial charge is 2.00 e. The summed E-state index contributed by atoms with van der Waals surface area (Å²) in [5.74, 6) is 0. The molecule has 0 aliphatic carbocycles. The van der Waals surface area contributed by atoms with E-state index in [1.807, 2.05) is 24.3 Å². The van der Waals surface area contributed by atoms with Gasteiger partial charge in [-0.05, 0) is 37.5 Å². The Balaban J connectivity index is 0.00000220.